The first-order valence-corrected chi connectivity index (χ1v) is 10.3. The number of amides is 1. The number of thiazole rings is 1. The molecule has 1 N–H and O–H groups in total. The number of hydrogen-bond acceptors (Lipinski definition) is 5. The second-order valence-corrected chi connectivity index (χ2v) is 7.67. The first-order chi connectivity index (χ1) is 14.2. The van der Waals surface area contributed by atoms with Gasteiger partial charge in [-0.2, -0.15) is 0 Å². The van der Waals surface area contributed by atoms with Crippen molar-refractivity contribution >= 4 is 28.1 Å². The van der Waals surface area contributed by atoms with Crippen LogP contribution in [0.15, 0.2) is 66.2 Å². The van der Waals surface area contributed by atoms with E-state index in [9.17, 15) is 4.79 Å². The minimum absolute atomic E-state index is 0.170. The highest BCUT2D eigenvalue weighted by atomic mass is 32.1. The number of para-hydroxylation sites is 1. The predicted molar refractivity (Wildman–Crippen MR) is 115 cm³/mol. The molecule has 0 spiro atoms. The number of ether oxygens (including phenoxy) is 1. The van der Waals surface area contributed by atoms with Crippen molar-refractivity contribution in [3.05, 3.63) is 88.0 Å². The predicted octanol–water partition coefficient (Wildman–Crippen LogP) is 4.55. The summed E-state index contributed by atoms with van der Waals surface area (Å²) >= 11 is 1.43. The van der Waals surface area contributed by atoms with Gasteiger partial charge in [0.2, 0.25) is 0 Å². The zero-order valence-corrected chi connectivity index (χ0v) is 16.9. The molecule has 0 aliphatic heterocycles. The minimum Gasteiger partial charge on any atom is -0.486 e. The van der Waals surface area contributed by atoms with Gasteiger partial charge >= 0.3 is 0 Å². The highest BCUT2D eigenvalue weighted by molar-refractivity contribution is 7.09. The number of hydrogen-bond donors (Lipinski definition) is 1. The van der Waals surface area contributed by atoms with Crippen LogP contribution in [-0.4, -0.2) is 22.4 Å². The fraction of sp³-hybridized carbons (Fsp3) is 0.174. The summed E-state index contributed by atoms with van der Waals surface area (Å²) in [6, 6.07) is 17.9. The second kappa shape index (κ2) is 8.84. The lowest BCUT2D eigenvalue weighted by Crippen LogP contribution is -2.26. The SMILES string of the molecule is Cc1ccc(OCc2nc(C(=O)NCCc3cccc4cccnc34)cs2)cc1. The van der Waals surface area contributed by atoms with E-state index in [1.807, 2.05) is 61.5 Å². The molecule has 0 radical (unpaired) electrons. The van der Waals surface area contributed by atoms with Gasteiger partial charge in [0, 0.05) is 23.5 Å². The number of nitrogens with one attached hydrogen (secondary N) is 1. The van der Waals surface area contributed by atoms with Gasteiger partial charge in [0.1, 0.15) is 23.1 Å². The average Bonchev–Trinajstić information content (AvgIpc) is 3.23. The summed E-state index contributed by atoms with van der Waals surface area (Å²) in [7, 11) is 0. The zero-order chi connectivity index (χ0) is 20.1. The van der Waals surface area contributed by atoms with Crippen molar-refractivity contribution in [3.63, 3.8) is 0 Å². The molecule has 2 aromatic heterocycles. The lowest BCUT2D eigenvalue weighted by Gasteiger charge is -2.06. The number of nitrogens with zero attached hydrogens (tertiary/aromatic N) is 2. The summed E-state index contributed by atoms with van der Waals surface area (Å²) in [5.41, 5.74) is 3.71. The van der Waals surface area contributed by atoms with E-state index in [2.05, 4.69) is 15.3 Å². The van der Waals surface area contributed by atoms with E-state index in [0.29, 0.717) is 25.3 Å². The normalized spacial score (nSPS) is 10.8. The highest BCUT2D eigenvalue weighted by Crippen LogP contribution is 2.17. The Labute approximate surface area is 173 Å². The van der Waals surface area contributed by atoms with E-state index in [1.165, 1.54) is 16.9 Å². The summed E-state index contributed by atoms with van der Waals surface area (Å²) < 4.78 is 5.73. The maximum Gasteiger partial charge on any atom is 0.270 e. The topological polar surface area (TPSA) is 64.1 Å². The molecule has 0 aliphatic carbocycles. The molecule has 1 amide bonds. The number of rotatable bonds is 7. The van der Waals surface area contributed by atoms with Crippen LogP contribution >= 0.6 is 11.3 Å². The molecule has 0 unspecified atom stereocenters. The molecule has 0 saturated carbocycles. The van der Waals surface area contributed by atoms with Crippen LogP contribution in [0.25, 0.3) is 10.9 Å². The molecule has 29 heavy (non-hydrogen) atoms. The molecule has 4 rings (SSSR count). The van der Waals surface area contributed by atoms with Gasteiger partial charge in [-0.1, -0.05) is 42.0 Å². The van der Waals surface area contributed by atoms with Gasteiger partial charge in [-0.05, 0) is 37.1 Å². The largest absolute Gasteiger partial charge is 0.486 e. The first kappa shape index (κ1) is 19.1. The zero-order valence-electron chi connectivity index (χ0n) is 16.1. The monoisotopic (exact) mass is 403 g/mol. The van der Waals surface area contributed by atoms with Crippen LogP contribution in [0, 0.1) is 6.92 Å². The smallest absolute Gasteiger partial charge is 0.270 e. The van der Waals surface area contributed by atoms with Crippen LogP contribution in [0.5, 0.6) is 5.75 Å². The molecule has 0 aliphatic rings. The van der Waals surface area contributed by atoms with E-state index in [1.54, 1.807) is 11.6 Å². The van der Waals surface area contributed by atoms with Crippen LogP contribution in [0.1, 0.15) is 26.6 Å². The van der Waals surface area contributed by atoms with Crippen molar-refractivity contribution in [1.29, 1.82) is 0 Å². The molecular weight excluding hydrogens is 382 g/mol. The maximum atomic E-state index is 12.4. The number of aromatic nitrogens is 2. The van der Waals surface area contributed by atoms with Crippen LogP contribution in [0.2, 0.25) is 0 Å². The summed E-state index contributed by atoms with van der Waals surface area (Å²) in [5.74, 6) is 0.622. The number of carbonyl (C=O) groups is 1. The molecule has 0 fully saturated rings. The molecule has 0 bridgehead atoms. The molecule has 4 aromatic rings. The van der Waals surface area contributed by atoms with Gasteiger partial charge in [-0.25, -0.2) is 4.98 Å². The van der Waals surface area contributed by atoms with Crippen molar-refractivity contribution < 1.29 is 9.53 Å². The van der Waals surface area contributed by atoms with Gasteiger partial charge < -0.3 is 10.1 Å². The third-order valence-corrected chi connectivity index (χ3v) is 5.39. The lowest BCUT2D eigenvalue weighted by atomic mass is 10.1. The Morgan fingerprint density at radius 1 is 1.10 bits per heavy atom. The van der Waals surface area contributed by atoms with Crippen LogP contribution in [0.3, 0.4) is 0 Å². The number of aryl methyl sites for hydroxylation is 1. The fourth-order valence-electron chi connectivity index (χ4n) is 3.03. The Balaban J connectivity index is 1.30. The van der Waals surface area contributed by atoms with E-state index in [4.69, 9.17) is 4.74 Å². The molecule has 2 heterocycles. The average molecular weight is 404 g/mol. The summed E-state index contributed by atoms with van der Waals surface area (Å²) in [4.78, 5) is 21.2. The summed E-state index contributed by atoms with van der Waals surface area (Å²) in [6.07, 6.45) is 2.51. The van der Waals surface area contributed by atoms with Crippen molar-refractivity contribution in [2.75, 3.05) is 6.54 Å². The Morgan fingerprint density at radius 3 is 2.79 bits per heavy atom. The van der Waals surface area contributed by atoms with Crippen molar-refractivity contribution in [2.24, 2.45) is 0 Å². The Morgan fingerprint density at radius 2 is 1.93 bits per heavy atom. The number of carbonyl (C=O) groups excluding carboxylic acids is 1. The molecule has 0 saturated heterocycles. The summed E-state index contributed by atoms with van der Waals surface area (Å²) in [6.45, 7) is 2.91. The molecular formula is C23H21N3O2S. The standard InChI is InChI=1S/C23H21N3O2S/c1-16-7-9-19(10-8-16)28-14-21-26-20(15-29-21)23(27)25-13-11-18-5-2-4-17-6-3-12-24-22(17)18/h2-10,12,15H,11,13-14H2,1H3,(H,25,27). The molecule has 2 aromatic carbocycles. The van der Waals surface area contributed by atoms with Crippen molar-refractivity contribution in [3.8, 4) is 5.75 Å². The maximum absolute atomic E-state index is 12.4. The van der Waals surface area contributed by atoms with E-state index >= 15 is 0 Å². The van der Waals surface area contributed by atoms with Gasteiger partial charge in [-0.15, -0.1) is 11.3 Å². The van der Waals surface area contributed by atoms with Crippen LogP contribution < -0.4 is 10.1 Å². The molecule has 6 heteroatoms. The Hall–Kier alpha value is -3.25. The summed E-state index contributed by atoms with van der Waals surface area (Å²) in [5, 5.41) is 6.59. The van der Waals surface area contributed by atoms with Crippen LogP contribution in [-0.2, 0) is 13.0 Å². The van der Waals surface area contributed by atoms with Crippen molar-refractivity contribution in [2.45, 2.75) is 20.0 Å². The number of benzene rings is 2. The van der Waals surface area contributed by atoms with Crippen molar-refractivity contribution in [1.82, 2.24) is 15.3 Å². The lowest BCUT2D eigenvalue weighted by molar-refractivity contribution is 0.0949. The van der Waals surface area contributed by atoms with E-state index in [-0.39, 0.29) is 5.91 Å². The fourth-order valence-corrected chi connectivity index (χ4v) is 3.72. The third-order valence-electron chi connectivity index (χ3n) is 4.56. The van der Waals surface area contributed by atoms with E-state index in [0.717, 1.165) is 27.2 Å². The first-order valence-electron chi connectivity index (χ1n) is 9.44. The minimum atomic E-state index is -0.170. The van der Waals surface area contributed by atoms with E-state index < -0.39 is 0 Å². The van der Waals surface area contributed by atoms with Crippen LogP contribution in [0.4, 0.5) is 0 Å². The molecule has 5 nitrogen and oxygen atoms in total. The van der Waals surface area contributed by atoms with Gasteiger partial charge in [-0.3, -0.25) is 9.78 Å². The van der Waals surface area contributed by atoms with Gasteiger partial charge in [0.25, 0.3) is 5.91 Å². The second-order valence-electron chi connectivity index (χ2n) is 6.73. The van der Waals surface area contributed by atoms with Gasteiger partial charge in [0.15, 0.2) is 0 Å². The third kappa shape index (κ3) is 4.78. The molecule has 0 atom stereocenters. The van der Waals surface area contributed by atoms with Gasteiger partial charge in [0.05, 0.1) is 5.52 Å². The Bertz CT molecular complexity index is 1120. The quantitative estimate of drug-likeness (QED) is 0.492. The number of fused-ring (bicyclic) bond motifs is 1. The Kier molecular flexibility index (Phi) is 5.81. The number of pyridine rings is 1. The highest BCUT2D eigenvalue weighted by Gasteiger charge is 2.11. The molecule has 146 valence electrons.